The minimum absolute atomic E-state index is 0.0166. The van der Waals surface area contributed by atoms with Crippen molar-refractivity contribution in [3.8, 4) is 0 Å². The quantitative estimate of drug-likeness (QED) is 0.349. The molecule has 0 spiro atoms. The van der Waals surface area contributed by atoms with Crippen LogP contribution in [0, 0.1) is 29.1 Å². The van der Waals surface area contributed by atoms with Crippen molar-refractivity contribution in [2.75, 3.05) is 26.9 Å². The average molecular weight is 422 g/mol. The van der Waals surface area contributed by atoms with Crippen LogP contribution in [0.25, 0.3) is 0 Å². The van der Waals surface area contributed by atoms with E-state index in [-0.39, 0.29) is 32.7 Å². The fourth-order valence-corrected chi connectivity index (χ4v) is 4.74. The lowest BCUT2D eigenvalue weighted by Crippen LogP contribution is -2.44. The number of esters is 4. The highest BCUT2D eigenvalue weighted by Crippen LogP contribution is 2.59. The van der Waals surface area contributed by atoms with E-state index in [2.05, 4.69) is 13.2 Å². The molecular formula is C22H30O8. The predicted molar refractivity (Wildman–Crippen MR) is 106 cm³/mol. The number of methoxy groups -OCH3 is 1. The van der Waals surface area contributed by atoms with Gasteiger partial charge in [0, 0.05) is 0 Å². The number of hydrogen-bond acceptors (Lipinski definition) is 8. The van der Waals surface area contributed by atoms with Crippen LogP contribution in [0.2, 0.25) is 0 Å². The molecule has 0 N–H and O–H groups in total. The number of fused-ring (bicyclic) bond motifs is 1. The summed E-state index contributed by atoms with van der Waals surface area (Å²) < 4.78 is 20.5. The Hall–Kier alpha value is -2.64. The number of allylic oxidation sites excluding steroid dienone is 1. The molecule has 0 aromatic heterocycles. The second kappa shape index (κ2) is 9.45. The van der Waals surface area contributed by atoms with Gasteiger partial charge in [-0.3, -0.25) is 19.2 Å². The van der Waals surface area contributed by atoms with E-state index in [4.69, 9.17) is 18.9 Å². The molecule has 2 saturated carbocycles. The molecule has 0 radical (unpaired) electrons. The molecule has 2 aliphatic carbocycles. The number of ether oxygens (including phenoxy) is 4. The highest BCUT2D eigenvalue weighted by molar-refractivity contribution is 6.01. The fourth-order valence-electron chi connectivity index (χ4n) is 4.74. The van der Waals surface area contributed by atoms with Gasteiger partial charge in [-0.25, -0.2) is 0 Å². The van der Waals surface area contributed by atoms with Gasteiger partial charge in [-0.2, -0.15) is 0 Å². The number of carbonyl (C=O) groups is 4. The first-order chi connectivity index (χ1) is 14.2. The maximum Gasteiger partial charge on any atom is 0.323 e. The molecule has 0 aliphatic heterocycles. The lowest BCUT2D eigenvalue weighted by Gasteiger charge is -2.39. The number of carbonyl (C=O) groups excluding carboxylic acids is 4. The van der Waals surface area contributed by atoms with Crippen molar-refractivity contribution in [3.63, 3.8) is 0 Å². The van der Waals surface area contributed by atoms with Crippen molar-refractivity contribution in [3.05, 3.63) is 24.3 Å². The molecule has 0 unspecified atom stereocenters. The van der Waals surface area contributed by atoms with Gasteiger partial charge in [-0.15, -0.1) is 0 Å². The Balaban J connectivity index is 2.57. The van der Waals surface area contributed by atoms with Gasteiger partial charge < -0.3 is 18.9 Å². The normalized spacial score (nSPS) is 27.1. The van der Waals surface area contributed by atoms with E-state index in [9.17, 15) is 19.2 Å². The molecule has 0 bridgehead atoms. The molecule has 0 aromatic rings. The van der Waals surface area contributed by atoms with Crippen LogP contribution >= 0.6 is 0 Å². The van der Waals surface area contributed by atoms with E-state index in [1.807, 2.05) is 0 Å². The fraction of sp³-hybridized carbons (Fsp3) is 0.636. The Morgan fingerprint density at radius 3 is 1.87 bits per heavy atom. The third-order valence-electron chi connectivity index (χ3n) is 6.07. The standard InChI is InChI=1S/C22H30O8/c1-7-28-19(24)16-13(5)12(4)14-10-22(20(25)29-8-2,21(26)30-9-3)11-15(14)17(16)18(23)27-6/h14-17H,4-5,7-11H2,1-3,6H3/t14-,15+,16+,17-/m0/s1. The van der Waals surface area contributed by atoms with Crippen molar-refractivity contribution in [2.45, 2.75) is 33.6 Å². The van der Waals surface area contributed by atoms with Crippen LogP contribution in [0.5, 0.6) is 0 Å². The molecule has 4 atom stereocenters. The third kappa shape index (κ3) is 3.87. The minimum Gasteiger partial charge on any atom is -0.469 e. The zero-order valence-electron chi connectivity index (χ0n) is 18.0. The summed E-state index contributed by atoms with van der Waals surface area (Å²) in [6.07, 6.45) is 0.0491. The van der Waals surface area contributed by atoms with Crippen molar-refractivity contribution in [2.24, 2.45) is 29.1 Å². The average Bonchev–Trinajstić information content (AvgIpc) is 3.12. The van der Waals surface area contributed by atoms with Crippen molar-refractivity contribution in [1.29, 1.82) is 0 Å². The molecule has 30 heavy (non-hydrogen) atoms. The summed E-state index contributed by atoms with van der Waals surface area (Å²) in [4.78, 5) is 51.2. The first kappa shape index (κ1) is 23.6. The molecule has 2 aliphatic rings. The second-order valence-corrected chi connectivity index (χ2v) is 7.53. The summed E-state index contributed by atoms with van der Waals surface area (Å²) in [6, 6.07) is 0. The molecule has 0 aromatic carbocycles. The SMILES string of the molecule is C=C1C(=C)[C@@H]2CC(C(=O)OCC)(C(=O)OCC)C[C@H]2[C@H](C(=O)OC)[C@@H]1C(=O)OCC. The van der Waals surface area contributed by atoms with Gasteiger partial charge in [0.1, 0.15) is 0 Å². The van der Waals surface area contributed by atoms with E-state index in [1.54, 1.807) is 20.8 Å². The molecule has 2 rings (SSSR count). The number of rotatable bonds is 7. The van der Waals surface area contributed by atoms with E-state index < -0.39 is 53.0 Å². The summed E-state index contributed by atoms with van der Waals surface area (Å²) in [5.74, 6) is -5.57. The Morgan fingerprint density at radius 1 is 0.867 bits per heavy atom. The van der Waals surface area contributed by atoms with Crippen LogP contribution in [0.1, 0.15) is 33.6 Å². The van der Waals surface area contributed by atoms with Gasteiger partial charge in [-0.05, 0) is 56.6 Å². The molecular weight excluding hydrogens is 392 g/mol. The first-order valence-corrected chi connectivity index (χ1v) is 10.2. The van der Waals surface area contributed by atoms with Gasteiger partial charge in [0.05, 0.1) is 38.8 Å². The largest absolute Gasteiger partial charge is 0.469 e. The Morgan fingerprint density at radius 2 is 1.40 bits per heavy atom. The van der Waals surface area contributed by atoms with Crippen LogP contribution in [-0.4, -0.2) is 50.8 Å². The molecule has 8 heteroatoms. The van der Waals surface area contributed by atoms with Crippen LogP contribution in [0.3, 0.4) is 0 Å². The van der Waals surface area contributed by atoms with Crippen molar-refractivity contribution in [1.82, 2.24) is 0 Å². The molecule has 0 amide bonds. The summed E-state index contributed by atoms with van der Waals surface area (Å²) in [5, 5.41) is 0. The summed E-state index contributed by atoms with van der Waals surface area (Å²) >= 11 is 0. The lowest BCUT2D eigenvalue weighted by molar-refractivity contribution is -0.172. The topological polar surface area (TPSA) is 105 Å². The predicted octanol–water partition coefficient (Wildman–Crippen LogP) is 2.22. The monoisotopic (exact) mass is 422 g/mol. The zero-order valence-corrected chi connectivity index (χ0v) is 18.0. The second-order valence-electron chi connectivity index (χ2n) is 7.53. The lowest BCUT2D eigenvalue weighted by atomic mass is 9.64. The van der Waals surface area contributed by atoms with Crippen LogP contribution in [0.15, 0.2) is 24.3 Å². The summed E-state index contributed by atoms with van der Waals surface area (Å²) in [6.45, 7) is 13.3. The van der Waals surface area contributed by atoms with E-state index >= 15 is 0 Å². The Kier molecular flexibility index (Phi) is 7.44. The molecule has 2 fully saturated rings. The maximum atomic E-state index is 12.9. The zero-order chi connectivity index (χ0) is 22.6. The van der Waals surface area contributed by atoms with Crippen LogP contribution in [0.4, 0.5) is 0 Å². The van der Waals surface area contributed by atoms with Gasteiger partial charge in [0.2, 0.25) is 0 Å². The third-order valence-corrected chi connectivity index (χ3v) is 6.07. The van der Waals surface area contributed by atoms with E-state index in [0.717, 1.165) is 0 Å². The Bertz CT molecular complexity index is 734. The first-order valence-electron chi connectivity index (χ1n) is 10.2. The molecule has 0 heterocycles. The summed E-state index contributed by atoms with van der Waals surface area (Å²) in [5.41, 5.74) is -0.706. The highest BCUT2D eigenvalue weighted by Gasteiger charge is 2.64. The Labute approximate surface area is 176 Å². The molecule has 0 saturated heterocycles. The van der Waals surface area contributed by atoms with Gasteiger partial charge in [0.25, 0.3) is 0 Å². The maximum absolute atomic E-state index is 12.9. The number of hydrogen-bond donors (Lipinski definition) is 0. The van der Waals surface area contributed by atoms with Gasteiger partial charge in [0.15, 0.2) is 5.41 Å². The highest BCUT2D eigenvalue weighted by atomic mass is 16.6. The van der Waals surface area contributed by atoms with Gasteiger partial charge in [-0.1, -0.05) is 13.2 Å². The molecule has 8 nitrogen and oxygen atoms in total. The van der Waals surface area contributed by atoms with Crippen molar-refractivity contribution >= 4 is 23.9 Å². The van der Waals surface area contributed by atoms with Crippen LogP contribution < -0.4 is 0 Å². The van der Waals surface area contributed by atoms with E-state index in [1.165, 1.54) is 7.11 Å². The van der Waals surface area contributed by atoms with Crippen molar-refractivity contribution < 1.29 is 38.1 Å². The molecule has 166 valence electrons. The van der Waals surface area contributed by atoms with Crippen LogP contribution in [-0.2, 0) is 38.1 Å². The summed E-state index contributed by atoms with van der Waals surface area (Å²) in [7, 11) is 1.23. The smallest absolute Gasteiger partial charge is 0.323 e. The minimum atomic E-state index is -1.58. The van der Waals surface area contributed by atoms with Gasteiger partial charge >= 0.3 is 23.9 Å². The van der Waals surface area contributed by atoms with E-state index in [0.29, 0.717) is 11.1 Å².